The van der Waals surface area contributed by atoms with Crippen LogP contribution < -0.4 is 14.7 Å². The average molecular weight is 764 g/mol. The molecule has 3 nitrogen and oxygen atoms in total. The van der Waals surface area contributed by atoms with Gasteiger partial charge in [0.05, 0.1) is 27.6 Å². The van der Waals surface area contributed by atoms with Gasteiger partial charge in [-0.05, 0) is 52.2 Å². The Labute approximate surface area is 337 Å². The number of thiophene rings is 2. The van der Waals surface area contributed by atoms with Crippen LogP contribution in [0, 0.1) is 0 Å². The Bertz CT molecular complexity index is 3250. The van der Waals surface area contributed by atoms with E-state index in [0.717, 1.165) is 38.2 Å². The number of aromatic nitrogens is 2. The largest absolute Gasteiger partial charge is 0.332 e. The summed E-state index contributed by atoms with van der Waals surface area (Å²) in [5.41, 5.74) is 12.5. The van der Waals surface area contributed by atoms with Crippen LogP contribution in [0.15, 0.2) is 176 Å². The fourth-order valence-electron chi connectivity index (χ4n) is 9.05. The molecule has 3 aromatic heterocycles. The second-order valence-corrected chi connectivity index (χ2v) is 17.0. The van der Waals surface area contributed by atoms with Crippen molar-refractivity contribution in [2.45, 2.75) is 12.0 Å². The second kappa shape index (κ2) is 13.0. The molecule has 0 radical (unpaired) electrons. The summed E-state index contributed by atoms with van der Waals surface area (Å²) in [6.45, 7) is 0. The van der Waals surface area contributed by atoms with Crippen LogP contribution in [-0.2, 0) is 0 Å². The number of hydrogen-bond acceptors (Lipinski definition) is 5. The predicted molar refractivity (Wildman–Crippen MR) is 242 cm³/mol. The summed E-state index contributed by atoms with van der Waals surface area (Å²) in [5.74, 6) is 0.942. The van der Waals surface area contributed by atoms with Gasteiger partial charge in [0.15, 0.2) is 5.82 Å². The Kier molecular flexibility index (Phi) is 7.40. The quantitative estimate of drug-likeness (QED) is 0.175. The van der Waals surface area contributed by atoms with Crippen LogP contribution in [0.4, 0.5) is 11.4 Å². The van der Waals surface area contributed by atoms with E-state index in [0.29, 0.717) is 0 Å². The zero-order chi connectivity index (χ0) is 37.5. The Morgan fingerprint density at radius 3 is 1.77 bits per heavy atom. The monoisotopic (exact) mass is 763 g/mol. The van der Waals surface area contributed by atoms with Gasteiger partial charge in [0.25, 0.3) is 0 Å². The topological polar surface area (TPSA) is 29.0 Å². The molecule has 5 heteroatoms. The van der Waals surface area contributed by atoms with E-state index in [1.54, 1.807) is 11.3 Å². The lowest BCUT2D eigenvalue weighted by Gasteiger charge is -2.33. The van der Waals surface area contributed by atoms with Crippen molar-refractivity contribution < 1.29 is 0 Å². The Morgan fingerprint density at radius 2 is 1.07 bits per heavy atom. The van der Waals surface area contributed by atoms with Crippen molar-refractivity contribution in [3.8, 4) is 44.9 Å². The maximum absolute atomic E-state index is 5.46. The highest BCUT2D eigenvalue weighted by molar-refractivity contribution is 7.26. The molecule has 7 aromatic carbocycles. The number of anilines is 2. The van der Waals surface area contributed by atoms with Crippen molar-refractivity contribution >= 4 is 76.6 Å². The van der Waals surface area contributed by atoms with Crippen LogP contribution in [0.25, 0.3) is 87.4 Å². The third-order valence-electron chi connectivity index (χ3n) is 11.6. The normalized spacial score (nSPS) is 15.6. The predicted octanol–water partition coefficient (Wildman–Crippen LogP) is 12.6. The third kappa shape index (κ3) is 5.16. The van der Waals surface area contributed by atoms with Crippen molar-refractivity contribution in [3.63, 3.8) is 0 Å². The van der Waals surface area contributed by atoms with Crippen molar-refractivity contribution in [1.82, 2.24) is 9.97 Å². The first-order valence-corrected chi connectivity index (χ1v) is 21.0. The summed E-state index contributed by atoms with van der Waals surface area (Å²) < 4.78 is 5.00. The summed E-state index contributed by atoms with van der Waals surface area (Å²) in [7, 11) is 0. The van der Waals surface area contributed by atoms with Crippen LogP contribution >= 0.6 is 22.7 Å². The molecule has 10 aromatic rings. The van der Waals surface area contributed by atoms with Gasteiger partial charge >= 0.3 is 0 Å². The lowest BCUT2D eigenvalue weighted by Crippen LogP contribution is -2.36. The lowest BCUT2D eigenvalue weighted by atomic mass is 9.89. The second-order valence-electron chi connectivity index (χ2n) is 14.8. The van der Waals surface area contributed by atoms with Gasteiger partial charge in [0, 0.05) is 58.6 Å². The number of hydrogen-bond donors (Lipinski definition) is 0. The van der Waals surface area contributed by atoms with Gasteiger partial charge in [-0.15, -0.1) is 22.7 Å². The minimum absolute atomic E-state index is 0.0849. The molecule has 0 fully saturated rings. The molecule has 1 aliphatic heterocycles. The molecule has 2 atom stereocenters. The fraction of sp³-hybridized carbons (Fsp3) is 0.0385. The van der Waals surface area contributed by atoms with Gasteiger partial charge in [-0.2, -0.15) is 0 Å². The Hall–Kier alpha value is -6.66. The van der Waals surface area contributed by atoms with Crippen LogP contribution in [0.3, 0.4) is 0 Å². The summed E-state index contributed by atoms with van der Waals surface area (Å²) in [6.07, 6.45) is 5.08. The third-order valence-corrected chi connectivity index (χ3v) is 13.9. The van der Waals surface area contributed by atoms with E-state index in [4.69, 9.17) is 9.97 Å². The summed E-state index contributed by atoms with van der Waals surface area (Å²) >= 11 is 3.68. The standard InChI is InChI=1S/C52H33N3S2/c1-4-16-32(17-5-1)39-28-35(48-51-49(38-24-12-15-27-46(38)57-51)54-52(53-48)34-20-8-3-9-21-34)29-40(33-18-6-2-7-19-33)50(39)55-43-25-13-10-22-36(43)41-31-47-42(30-44(41)55)37-23-11-14-26-45(37)56-47/h1-31,41,44H. The van der Waals surface area contributed by atoms with Crippen LogP contribution in [0.1, 0.15) is 11.5 Å². The molecule has 0 N–H and O–H groups in total. The minimum atomic E-state index is 0.0849. The van der Waals surface area contributed by atoms with Gasteiger partial charge < -0.3 is 4.90 Å². The minimum Gasteiger partial charge on any atom is -0.332 e. The molecule has 2 unspecified atom stereocenters. The maximum atomic E-state index is 5.46. The van der Waals surface area contributed by atoms with Crippen molar-refractivity contribution in [3.05, 3.63) is 191 Å². The van der Waals surface area contributed by atoms with E-state index in [-0.39, 0.29) is 12.0 Å². The number of fused-ring (bicyclic) bond motifs is 9. The SMILES string of the molecule is C1=c2sc3ccccc3c2=CC2C1c1ccccc1N2c1c(-c2ccccc2)cc(-c2nc(-c3ccccc3)nc3c2sc2ccccc23)cc1-c1ccccc1. The van der Waals surface area contributed by atoms with Crippen molar-refractivity contribution in [2.75, 3.05) is 4.90 Å². The zero-order valence-electron chi connectivity index (χ0n) is 30.7. The van der Waals surface area contributed by atoms with Gasteiger partial charge in [-0.3, -0.25) is 0 Å². The van der Waals surface area contributed by atoms with Crippen LogP contribution in [0.2, 0.25) is 0 Å². The highest BCUT2D eigenvalue weighted by atomic mass is 32.1. The van der Waals surface area contributed by atoms with E-state index in [1.165, 1.54) is 63.7 Å². The maximum Gasteiger partial charge on any atom is 0.160 e. The molecule has 0 spiro atoms. The molecule has 4 heterocycles. The van der Waals surface area contributed by atoms with Gasteiger partial charge in [0.2, 0.25) is 0 Å². The van der Waals surface area contributed by atoms with Crippen molar-refractivity contribution in [2.24, 2.45) is 0 Å². The summed E-state index contributed by atoms with van der Waals surface area (Å²) in [6, 6.07) is 63.6. The van der Waals surface area contributed by atoms with E-state index >= 15 is 0 Å². The molecule has 2 aliphatic rings. The number of nitrogens with zero attached hydrogens (tertiary/aromatic N) is 3. The van der Waals surface area contributed by atoms with Crippen LogP contribution in [-0.4, -0.2) is 16.0 Å². The Balaban J connectivity index is 1.19. The number of benzene rings is 7. The zero-order valence-corrected chi connectivity index (χ0v) is 32.3. The van der Waals surface area contributed by atoms with Gasteiger partial charge in [-0.25, -0.2) is 9.97 Å². The molecule has 0 saturated carbocycles. The lowest BCUT2D eigenvalue weighted by molar-refractivity contribution is 0.806. The first-order chi connectivity index (χ1) is 28.3. The van der Waals surface area contributed by atoms with E-state index in [9.17, 15) is 0 Å². The molecule has 0 amide bonds. The van der Waals surface area contributed by atoms with E-state index in [1.807, 2.05) is 17.4 Å². The molecule has 0 bridgehead atoms. The smallest absolute Gasteiger partial charge is 0.160 e. The number of rotatable bonds is 5. The van der Waals surface area contributed by atoms with Gasteiger partial charge in [0.1, 0.15) is 0 Å². The number of para-hydroxylation sites is 1. The van der Waals surface area contributed by atoms with E-state index in [2.05, 4.69) is 187 Å². The molecular weight excluding hydrogens is 731 g/mol. The summed E-state index contributed by atoms with van der Waals surface area (Å²) in [4.78, 5) is 13.4. The molecule has 57 heavy (non-hydrogen) atoms. The molecule has 1 aliphatic carbocycles. The molecule has 268 valence electrons. The van der Waals surface area contributed by atoms with Crippen LogP contribution in [0.5, 0.6) is 0 Å². The van der Waals surface area contributed by atoms with Gasteiger partial charge in [-0.1, -0.05) is 158 Å². The average Bonchev–Trinajstić information content (AvgIpc) is 3.95. The first-order valence-electron chi connectivity index (χ1n) is 19.4. The van der Waals surface area contributed by atoms with E-state index < -0.39 is 0 Å². The molecule has 0 saturated heterocycles. The van der Waals surface area contributed by atoms with Crippen molar-refractivity contribution in [1.29, 1.82) is 0 Å². The molecule has 12 rings (SSSR count). The first kappa shape index (κ1) is 32.6. The highest BCUT2D eigenvalue weighted by Gasteiger charge is 2.40. The fourth-order valence-corrected chi connectivity index (χ4v) is 11.4. The highest BCUT2D eigenvalue weighted by Crippen LogP contribution is 2.54. The summed E-state index contributed by atoms with van der Waals surface area (Å²) in [5, 5.41) is 3.83. The molecular formula is C52H33N3S2. The Morgan fingerprint density at radius 1 is 0.491 bits per heavy atom.